The van der Waals surface area contributed by atoms with Crippen LogP contribution in [0.1, 0.15) is 27.6 Å². The molecule has 0 saturated carbocycles. The largest absolute Gasteiger partial charge is 0.350 e. The Morgan fingerprint density at radius 2 is 2.08 bits per heavy atom. The molecular formula is C19H24N4S. The first-order valence-electron chi connectivity index (χ1n) is 8.30. The van der Waals surface area contributed by atoms with E-state index in [4.69, 9.17) is 0 Å². The van der Waals surface area contributed by atoms with Gasteiger partial charge in [0.2, 0.25) is 0 Å². The average molecular weight is 340 g/mol. The molecule has 1 aromatic heterocycles. The van der Waals surface area contributed by atoms with Gasteiger partial charge in [0, 0.05) is 25.0 Å². The van der Waals surface area contributed by atoms with E-state index in [1.165, 1.54) is 16.0 Å². The van der Waals surface area contributed by atoms with Gasteiger partial charge in [-0.05, 0) is 31.4 Å². The van der Waals surface area contributed by atoms with Crippen molar-refractivity contribution in [2.45, 2.75) is 26.8 Å². The minimum absolute atomic E-state index is 0.734. The van der Waals surface area contributed by atoms with Crippen molar-refractivity contribution < 1.29 is 0 Å². The Labute approximate surface area is 148 Å². The van der Waals surface area contributed by atoms with Gasteiger partial charge in [0.1, 0.15) is 5.01 Å². The highest BCUT2D eigenvalue weighted by atomic mass is 32.1. The number of aliphatic imine (C=N–C) groups is 1. The third-order valence-electron chi connectivity index (χ3n) is 4.34. The Morgan fingerprint density at radius 3 is 2.67 bits per heavy atom. The standard InChI is InChI=1S/C19H24N4S/c1-14-15(2)24-18(22-14)13-21-19(20-3)23-11-9-17(10-12-23)16-7-5-4-6-8-16/h4-9H,10-13H2,1-3H3,(H,20,21). The maximum absolute atomic E-state index is 4.58. The Bertz CT molecular complexity index is 726. The summed E-state index contributed by atoms with van der Waals surface area (Å²) in [6.45, 7) is 6.78. The zero-order valence-corrected chi connectivity index (χ0v) is 15.4. The molecule has 3 rings (SSSR count). The van der Waals surface area contributed by atoms with Crippen LogP contribution in [0, 0.1) is 13.8 Å². The summed E-state index contributed by atoms with van der Waals surface area (Å²) in [7, 11) is 1.84. The number of nitrogens with one attached hydrogen (secondary N) is 1. The Kier molecular flexibility index (Phi) is 5.30. The minimum atomic E-state index is 0.734. The van der Waals surface area contributed by atoms with Crippen molar-refractivity contribution in [3.05, 3.63) is 57.6 Å². The molecule has 0 aliphatic carbocycles. The number of rotatable bonds is 3. The molecule has 0 amide bonds. The molecule has 1 N–H and O–H groups in total. The number of thiazole rings is 1. The number of nitrogens with zero attached hydrogens (tertiary/aromatic N) is 3. The van der Waals surface area contributed by atoms with Crippen molar-refractivity contribution in [2.24, 2.45) is 4.99 Å². The molecule has 126 valence electrons. The van der Waals surface area contributed by atoms with Crippen LogP contribution in [-0.2, 0) is 6.54 Å². The molecule has 0 bridgehead atoms. The van der Waals surface area contributed by atoms with E-state index in [9.17, 15) is 0 Å². The van der Waals surface area contributed by atoms with Crippen LogP contribution in [0.3, 0.4) is 0 Å². The molecule has 1 aliphatic heterocycles. The molecule has 0 saturated heterocycles. The van der Waals surface area contributed by atoms with Gasteiger partial charge >= 0.3 is 0 Å². The van der Waals surface area contributed by atoms with Crippen molar-refractivity contribution >= 4 is 22.9 Å². The number of hydrogen-bond donors (Lipinski definition) is 1. The maximum Gasteiger partial charge on any atom is 0.194 e. The normalized spacial score (nSPS) is 15.4. The smallest absolute Gasteiger partial charge is 0.194 e. The van der Waals surface area contributed by atoms with Crippen molar-refractivity contribution in [1.82, 2.24) is 15.2 Å². The number of benzene rings is 1. The first-order chi connectivity index (χ1) is 11.7. The highest BCUT2D eigenvalue weighted by Crippen LogP contribution is 2.22. The van der Waals surface area contributed by atoms with E-state index >= 15 is 0 Å². The molecule has 0 fully saturated rings. The number of guanidine groups is 1. The highest BCUT2D eigenvalue weighted by molar-refractivity contribution is 7.11. The van der Waals surface area contributed by atoms with Gasteiger partial charge in [-0.2, -0.15) is 0 Å². The number of hydrogen-bond acceptors (Lipinski definition) is 3. The molecular weight excluding hydrogens is 316 g/mol. The zero-order chi connectivity index (χ0) is 16.9. The molecule has 0 spiro atoms. The fourth-order valence-corrected chi connectivity index (χ4v) is 3.75. The first-order valence-corrected chi connectivity index (χ1v) is 9.12. The summed E-state index contributed by atoms with van der Waals surface area (Å²) in [5, 5.41) is 4.56. The molecule has 4 nitrogen and oxygen atoms in total. The van der Waals surface area contributed by atoms with E-state index in [1.807, 2.05) is 7.05 Å². The Balaban J connectivity index is 1.60. The van der Waals surface area contributed by atoms with Crippen molar-refractivity contribution in [3.63, 3.8) is 0 Å². The number of aromatic nitrogens is 1. The predicted molar refractivity (Wildman–Crippen MR) is 102 cm³/mol. The lowest BCUT2D eigenvalue weighted by atomic mass is 10.00. The fraction of sp³-hybridized carbons (Fsp3) is 0.368. The fourth-order valence-electron chi connectivity index (χ4n) is 2.88. The van der Waals surface area contributed by atoms with Gasteiger partial charge < -0.3 is 10.2 Å². The summed E-state index contributed by atoms with van der Waals surface area (Å²) in [5.41, 5.74) is 3.88. The van der Waals surface area contributed by atoms with Crippen LogP contribution >= 0.6 is 11.3 Å². The lowest BCUT2D eigenvalue weighted by Crippen LogP contribution is -2.43. The second-order valence-corrected chi connectivity index (χ2v) is 7.23. The molecule has 0 unspecified atom stereocenters. The van der Waals surface area contributed by atoms with E-state index in [-0.39, 0.29) is 0 Å². The van der Waals surface area contributed by atoms with E-state index < -0.39 is 0 Å². The summed E-state index contributed by atoms with van der Waals surface area (Å²) in [4.78, 5) is 12.6. The van der Waals surface area contributed by atoms with Crippen LogP contribution in [0.2, 0.25) is 0 Å². The first kappa shape index (κ1) is 16.7. The molecule has 1 aliphatic rings. The lowest BCUT2D eigenvalue weighted by Gasteiger charge is -2.29. The van der Waals surface area contributed by atoms with Gasteiger partial charge in [-0.15, -0.1) is 11.3 Å². The van der Waals surface area contributed by atoms with Crippen LogP contribution in [0.25, 0.3) is 5.57 Å². The van der Waals surface area contributed by atoms with Crippen LogP contribution in [0.5, 0.6) is 0 Å². The quantitative estimate of drug-likeness (QED) is 0.685. The second kappa shape index (κ2) is 7.62. The summed E-state index contributed by atoms with van der Waals surface area (Å²) in [5.74, 6) is 0.948. The molecule has 2 aromatic rings. The van der Waals surface area contributed by atoms with Crippen LogP contribution in [-0.4, -0.2) is 36.0 Å². The van der Waals surface area contributed by atoms with Crippen LogP contribution in [0.4, 0.5) is 0 Å². The molecule has 2 heterocycles. The molecule has 0 radical (unpaired) electrons. The molecule has 24 heavy (non-hydrogen) atoms. The molecule has 1 aromatic carbocycles. The minimum Gasteiger partial charge on any atom is -0.350 e. The van der Waals surface area contributed by atoms with Crippen LogP contribution < -0.4 is 5.32 Å². The average Bonchev–Trinajstić information content (AvgIpc) is 2.95. The van der Waals surface area contributed by atoms with E-state index in [0.29, 0.717) is 0 Å². The SMILES string of the molecule is CN=C(NCc1nc(C)c(C)s1)N1CC=C(c2ccccc2)CC1. The third-order valence-corrected chi connectivity index (χ3v) is 5.41. The van der Waals surface area contributed by atoms with Crippen LogP contribution in [0.15, 0.2) is 41.4 Å². The monoisotopic (exact) mass is 340 g/mol. The van der Waals surface area contributed by atoms with Gasteiger partial charge in [0.05, 0.1) is 12.2 Å². The van der Waals surface area contributed by atoms with Crippen molar-refractivity contribution in [1.29, 1.82) is 0 Å². The molecule has 5 heteroatoms. The van der Waals surface area contributed by atoms with Gasteiger partial charge in [-0.1, -0.05) is 36.4 Å². The zero-order valence-electron chi connectivity index (χ0n) is 14.5. The predicted octanol–water partition coefficient (Wildman–Crippen LogP) is 3.62. The Morgan fingerprint density at radius 1 is 1.29 bits per heavy atom. The van der Waals surface area contributed by atoms with E-state index in [2.05, 4.69) is 70.4 Å². The highest BCUT2D eigenvalue weighted by Gasteiger charge is 2.16. The van der Waals surface area contributed by atoms with Crippen molar-refractivity contribution in [3.8, 4) is 0 Å². The molecule has 0 atom stereocenters. The summed E-state index contributed by atoms with van der Waals surface area (Å²) >= 11 is 1.75. The Hall–Kier alpha value is -2.14. The van der Waals surface area contributed by atoms with E-state index in [0.717, 1.165) is 42.7 Å². The number of aryl methyl sites for hydroxylation is 2. The topological polar surface area (TPSA) is 40.5 Å². The van der Waals surface area contributed by atoms with Gasteiger partial charge in [-0.3, -0.25) is 4.99 Å². The van der Waals surface area contributed by atoms with Gasteiger partial charge in [-0.25, -0.2) is 4.98 Å². The lowest BCUT2D eigenvalue weighted by molar-refractivity contribution is 0.439. The second-order valence-electron chi connectivity index (χ2n) is 5.94. The summed E-state index contributed by atoms with van der Waals surface area (Å²) in [6.07, 6.45) is 3.35. The maximum atomic E-state index is 4.58. The van der Waals surface area contributed by atoms with Gasteiger partial charge in [0.25, 0.3) is 0 Å². The van der Waals surface area contributed by atoms with E-state index in [1.54, 1.807) is 11.3 Å². The summed E-state index contributed by atoms with van der Waals surface area (Å²) in [6, 6.07) is 10.6. The summed E-state index contributed by atoms with van der Waals surface area (Å²) < 4.78 is 0. The van der Waals surface area contributed by atoms with Crippen molar-refractivity contribution in [2.75, 3.05) is 20.1 Å². The van der Waals surface area contributed by atoms with Gasteiger partial charge in [0.15, 0.2) is 5.96 Å². The third kappa shape index (κ3) is 3.85.